The van der Waals surface area contributed by atoms with E-state index < -0.39 is 26.3 Å². The minimum Gasteiger partial charge on any atom is -0.312 e. The van der Waals surface area contributed by atoms with Crippen molar-refractivity contribution in [1.82, 2.24) is 5.32 Å². The average molecular weight is 347 g/mol. The van der Waals surface area contributed by atoms with E-state index in [1.165, 1.54) is 12.1 Å². The second-order valence-electron chi connectivity index (χ2n) is 6.59. The second-order valence-corrected chi connectivity index (χ2v) is 8.94. The fraction of sp³-hybridized carbons (Fsp3) is 0.625. The van der Waals surface area contributed by atoms with E-state index in [0.717, 1.165) is 25.0 Å². The molecule has 0 amide bonds. The summed E-state index contributed by atoms with van der Waals surface area (Å²) in [5, 5.41) is 3.28. The molecule has 0 radical (unpaired) electrons. The van der Waals surface area contributed by atoms with Gasteiger partial charge in [0.2, 0.25) is 0 Å². The highest BCUT2D eigenvalue weighted by molar-refractivity contribution is 7.93. The van der Waals surface area contributed by atoms with Gasteiger partial charge in [-0.2, -0.15) is 13.2 Å². The Labute approximate surface area is 134 Å². The molecule has 2 fully saturated rings. The van der Waals surface area contributed by atoms with Crippen molar-refractivity contribution in [3.05, 3.63) is 29.8 Å². The van der Waals surface area contributed by atoms with E-state index in [9.17, 15) is 21.6 Å². The molecule has 0 bridgehead atoms. The summed E-state index contributed by atoms with van der Waals surface area (Å²) < 4.78 is 63.7. The lowest BCUT2D eigenvalue weighted by Gasteiger charge is -2.27. The van der Waals surface area contributed by atoms with Crippen LogP contribution in [-0.4, -0.2) is 25.8 Å². The Kier molecular flexibility index (Phi) is 3.99. The average Bonchev–Trinajstić information content (AvgIpc) is 3.25. The van der Waals surface area contributed by atoms with Gasteiger partial charge in [-0.3, -0.25) is 0 Å². The van der Waals surface area contributed by atoms with E-state index in [1.54, 1.807) is 6.92 Å². The van der Waals surface area contributed by atoms with Crippen molar-refractivity contribution >= 4 is 9.84 Å². The summed E-state index contributed by atoms with van der Waals surface area (Å²) in [6.07, 6.45) is -1.48. The van der Waals surface area contributed by atoms with Gasteiger partial charge in [0, 0.05) is 12.6 Å². The molecule has 2 unspecified atom stereocenters. The van der Waals surface area contributed by atoms with Crippen LogP contribution in [0.4, 0.5) is 13.2 Å². The standard InChI is InChI=1S/C16H20F3NO2S/c1-2-15(9-14(20-10-15)11-6-7-11)23(21,22)13-5-3-4-12(8-13)16(17,18)19/h3-5,8,11,14,20H,2,6-7,9-10H2,1H3. The summed E-state index contributed by atoms with van der Waals surface area (Å²) >= 11 is 0. The number of alkyl halides is 3. The number of nitrogens with one attached hydrogen (secondary N) is 1. The van der Waals surface area contributed by atoms with Gasteiger partial charge in [0.05, 0.1) is 15.2 Å². The molecule has 0 spiro atoms. The zero-order valence-electron chi connectivity index (χ0n) is 12.9. The van der Waals surface area contributed by atoms with Crippen LogP contribution in [0, 0.1) is 5.92 Å². The first-order chi connectivity index (χ1) is 10.7. The van der Waals surface area contributed by atoms with Crippen molar-refractivity contribution in [3.8, 4) is 0 Å². The molecule has 1 saturated heterocycles. The molecule has 128 valence electrons. The van der Waals surface area contributed by atoms with Crippen LogP contribution in [-0.2, 0) is 16.0 Å². The van der Waals surface area contributed by atoms with Gasteiger partial charge in [-0.25, -0.2) is 8.42 Å². The summed E-state index contributed by atoms with van der Waals surface area (Å²) in [6.45, 7) is 2.10. The van der Waals surface area contributed by atoms with Gasteiger partial charge in [-0.15, -0.1) is 0 Å². The van der Waals surface area contributed by atoms with Crippen LogP contribution in [0.1, 0.15) is 38.2 Å². The van der Waals surface area contributed by atoms with Crippen LogP contribution in [0.15, 0.2) is 29.2 Å². The first kappa shape index (κ1) is 16.8. The van der Waals surface area contributed by atoms with Gasteiger partial charge in [-0.1, -0.05) is 13.0 Å². The molecule has 2 aliphatic rings. The maximum atomic E-state index is 13.0. The topological polar surface area (TPSA) is 46.2 Å². The molecule has 1 N–H and O–H groups in total. The smallest absolute Gasteiger partial charge is 0.312 e. The molecule has 1 heterocycles. The summed E-state index contributed by atoms with van der Waals surface area (Å²) in [7, 11) is -3.83. The van der Waals surface area contributed by atoms with Gasteiger partial charge in [0.25, 0.3) is 0 Å². The number of rotatable bonds is 4. The van der Waals surface area contributed by atoms with Crippen LogP contribution in [0.3, 0.4) is 0 Å². The molecule has 2 atom stereocenters. The minimum atomic E-state index is -4.55. The molecule has 3 rings (SSSR count). The lowest BCUT2D eigenvalue weighted by molar-refractivity contribution is -0.137. The first-order valence-corrected chi connectivity index (χ1v) is 9.33. The van der Waals surface area contributed by atoms with E-state index in [-0.39, 0.29) is 10.9 Å². The number of hydrogen-bond acceptors (Lipinski definition) is 3. The Balaban J connectivity index is 1.97. The van der Waals surface area contributed by atoms with Gasteiger partial charge >= 0.3 is 6.18 Å². The van der Waals surface area contributed by atoms with E-state index in [1.807, 2.05) is 0 Å². The van der Waals surface area contributed by atoms with Crippen LogP contribution < -0.4 is 5.32 Å². The molecule has 1 aromatic carbocycles. The maximum Gasteiger partial charge on any atom is 0.416 e. The molecule has 1 saturated carbocycles. The van der Waals surface area contributed by atoms with Crippen molar-refractivity contribution in [2.75, 3.05) is 6.54 Å². The van der Waals surface area contributed by atoms with Crippen LogP contribution in [0.2, 0.25) is 0 Å². The third-order valence-corrected chi connectivity index (χ3v) is 7.77. The normalized spacial score (nSPS) is 29.0. The highest BCUT2D eigenvalue weighted by Gasteiger charge is 2.51. The molecule has 7 heteroatoms. The van der Waals surface area contributed by atoms with E-state index in [2.05, 4.69) is 5.32 Å². The van der Waals surface area contributed by atoms with Crippen LogP contribution in [0.5, 0.6) is 0 Å². The SMILES string of the molecule is CCC1(S(=O)(=O)c2cccc(C(F)(F)F)c2)CNC(C2CC2)C1. The van der Waals surface area contributed by atoms with Gasteiger partial charge < -0.3 is 5.32 Å². The molecule has 1 aliphatic heterocycles. The number of hydrogen-bond donors (Lipinski definition) is 1. The van der Waals surface area contributed by atoms with E-state index in [4.69, 9.17) is 0 Å². The van der Waals surface area contributed by atoms with Crippen LogP contribution >= 0.6 is 0 Å². The highest BCUT2D eigenvalue weighted by atomic mass is 32.2. The fourth-order valence-corrected chi connectivity index (χ4v) is 5.54. The Morgan fingerprint density at radius 1 is 1.30 bits per heavy atom. The third kappa shape index (κ3) is 2.89. The van der Waals surface area contributed by atoms with Gasteiger partial charge in [0.15, 0.2) is 9.84 Å². The number of sulfone groups is 1. The summed E-state index contributed by atoms with van der Waals surface area (Å²) in [5.74, 6) is 0.514. The van der Waals surface area contributed by atoms with E-state index in [0.29, 0.717) is 25.3 Å². The van der Waals surface area contributed by atoms with E-state index >= 15 is 0 Å². The Hall–Kier alpha value is -1.08. The van der Waals surface area contributed by atoms with Crippen molar-refractivity contribution in [1.29, 1.82) is 0 Å². The zero-order valence-corrected chi connectivity index (χ0v) is 13.7. The predicted octanol–water partition coefficient (Wildman–Crippen LogP) is 3.40. The summed E-state index contributed by atoms with van der Waals surface area (Å²) in [5.41, 5.74) is -0.922. The zero-order chi connectivity index (χ0) is 16.9. The maximum absolute atomic E-state index is 13.0. The van der Waals surface area contributed by atoms with Crippen molar-refractivity contribution < 1.29 is 21.6 Å². The minimum absolute atomic E-state index is 0.163. The van der Waals surface area contributed by atoms with Crippen molar-refractivity contribution in [3.63, 3.8) is 0 Å². The predicted molar refractivity (Wildman–Crippen MR) is 80.8 cm³/mol. The lowest BCUT2D eigenvalue weighted by atomic mass is 9.99. The Morgan fingerprint density at radius 2 is 2.00 bits per heavy atom. The molecule has 23 heavy (non-hydrogen) atoms. The fourth-order valence-electron chi connectivity index (χ4n) is 3.45. The highest BCUT2D eigenvalue weighted by Crippen LogP contribution is 2.44. The Bertz CT molecular complexity index is 698. The molecular formula is C16H20F3NO2S. The van der Waals surface area contributed by atoms with Gasteiger partial charge in [0.1, 0.15) is 0 Å². The molecular weight excluding hydrogens is 327 g/mol. The number of halogens is 3. The number of benzene rings is 1. The third-order valence-electron chi connectivity index (χ3n) is 5.16. The monoisotopic (exact) mass is 347 g/mol. The molecule has 3 nitrogen and oxygen atoms in total. The summed E-state index contributed by atoms with van der Waals surface area (Å²) in [6, 6.07) is 4.26. The molecule has 1 aliphatic carbocycles. The van der Waals surface area contributed by atoms with Crippen molar-refractivity contribution in [2.45, 2.75) is 54.5 Å². The molecule has 1 aromatic rings. The molecule has 0 aromatic heterocycles. The summed E-state index contributed by atoms with van der Waals surface area (Å²) in [4.78, 5) is -0.229. The lowest BCUT2D eigenvalue weighted by Crippen LogP contribution is -2.40. The first-order valence-electron chi connectivity index (χ1n) is 7.85. The largest absolute Gasteiger partial charge is 0.416 e. The van der Waals surface area contributed by atoms with Gasteiger partial charge in [-0.05, 0) is 49.8 Å². The Morgan fingerprint density at radius 3 is 2.57 bits per heavy atom. The quantitative estimate of drug-likeness (QED) is 0.908. The second kappa shape index (κ2) is 5.48. The van der Waals surface area contributed by atoms with Crippen LogP contribution in [0.25, 0.3) is 0 Å². The van der Waals surface area contributed by atoms with Crippen molar-refractivity contribution in [2.24, 2.45) is 5.92 Å².